The number of carbonyl (C=O) groups is 1. The molecular weight excluding hydrogens is 255 g/mol. The largest absolute Gasteiger partial charge is 0.352 e. The molecule has 3 unspecified atom stereocenters. The van der Waals surface area contributed by atoms with Gasteiger partial charge in [0.05, 0.1) is 0 Å². The molecule has 0 aromatic heterocycles. The van der Waals surface area contributed by atoms with Crippen LogP contribution in [-0.2, 0) is 4.79 Å². The first-order valence-electron chi connectivity index (χ1n) is 5.87. The summed E-state index contributed by atoms with van der Waals surface area (Å²) in [6, 6.07) is 6.69. The van der Waals surface area contributed by atoms with Crippen molar-refractivity contribution in [2.75, 3.05) is 6.54 Å². The van der Waals surface area contributed by atoms with Gasteiger partial charge in [-0.1, -0.05) is 19.1 Å². The maximum absolute atomic E-state index is 13.0. The minimum atomic E-state index is -0.227. The summed E-state index contributed by atoms with van der Waals surface area (Å²) in [5.41, 5.74) is 6.38. The second-order valence-corrected chi connectivity index (χ2v) is 4.65. The van der Waals surface area contributed by atoms with Crippen molar-refractivity contribution in [3.63, 3.8) is 0 Å². The van der Waals surface area contributed by atoms with Crippen LogP contribution in [0.5, 0.6) is 0 Å². The first-order valence-corrected chi connectivity index (χ1v) is 5.87. The second kappa shape index (κ2) is 6.16. The standard InChI is InChI=1S/C13H17FN2O.ClH/c1-8(7-15)13(17)16-12-6-11(12)9-3-2-4-10(14)5-9;/h2-5,8,11-12H,6-7,15H2,1H3,(H,16,17);1H. The van der Waals surface area contributed by atoms with E-state index in [9.17, 15) is 9.18 Å². The van der Waals surface area contributed by atoms with E-state index < -0.39 is 0 Å². The highest BCUT2D eigenvalue weighted by atomic mass is 35.5. The Kier molecular flexibility index (Phi) is 5.11. The molecule has 100 valence electrons. The molecule has 1 saturated carbocycles. The van der Waals surface area contributed by atoms with Gasteiger partial charge in [0.1, 0.15) is 5.82 Å². The molecule has 0 heterocycles. The van der Waals surface area contributed by atoms with Crippen molar-refractivity contribution in [1.29, 1.82) is 0 Å². The smallest absolute Gasteiger partial charge is 0.224 e. The van der Waals surface area contributed by atoms with Gasteiger partial charge < -0.3 is 11.1 Å². The van der Waals surface area contributed by atoms with E-state index >= 15 is 0 Å². The number of nitrogens with two attached hydrogens (primary N) is 1. The quantitative estimate of drug-likeness (QED) is 0.878. The summed E-state index contributed by atoms with van der Waals surface area (Å²) in [5, 5.41) is 2.93. The molecule has 1 aliphatic carbocycles. The number of nitrogens with one attached hydrogen (secondary N) is 1. The van der Waals surface area contributed by atoms with Gasteiger partial charge in [-0.2, -0.15) is 0 Å². The van der Waals surface area contributed by atoms with Crippen LogP contribution in [0.1, 0.15) is 24.8 Å². The Morgan fingerprint density at radius 1 is 1.61 bits per heavy atom. The van der Waals surface area contributed by atoms with Gasteiger partial charge in [0, 0.05) is 24.4 Å². The molecule has 5 heteroatoms. The maximum Gasteiger partial charge on any atom is 0.224 e. The topological polar surface area (TPSA) is 55.1 Å². The highest BCUT2D eigenvalue weighted by Crippen LogP contribution is 2.40. The molecule has 0 aliphatic heterocycles. The number of amides is 1. The molecule has 1 amide bonds. The minimum absolute atomic E-state index is 0. The van der Waals surface area contributed by atoms with E-state index in [-0.39, 0.29) is 42.0 Å². The van der Waals surface area contributed by atoms with Gasteiger partial charge >= 0.3 is 0 Å². The van der Waals surface area contributed by atoms with Crippen molar-refractivity contribution in [3.05, 3.63) is 35.6 Å². The zero-order valence-electron chi connectivity index (χ0n) is 10.2. The molecule has 3 atom stereocenters. The van der Waals surface area contributed by atoms with Crippen molar-refractivity contribution in [1.82, 2.24) is 5.32 Å². The van der Waals surface area contributed by atoms with E-state index in [1.165, 1.54) is 12.1 Å². The molecule has 0 radical (unpaired) electrons. The Hall–Kier alpha value is -1.13. The van der Waals surface area contributed by atoms with E-state index in [0.717, 1.165) is 12.0 Å². The van der Waals surface area contributed by atoms with E-state index in [4.69, 9.17) is 5.73 Å². The fourth-order valence-corrected chi connectivity index (χ4v) is 1.89. The van der Waals surface area contributed by atoms with Gasteiger partial charge in [-0.3, -0.25) is 4.79 Å². The third-order valence-electron chi connectivity index (χ3n) is 3.20. The first-order chi connectivity index (χ1) is 8.11. The zero-order valence-corrected chi connectivity index (χ0v) is 11.0. The number of hydrogen-bond donors (Lipinski definition) is 2. The Bertz CT molecular complexity index is 427. The first kappa shape index (κ1) is 14.9. The molecular formula is C13H18ClFN2O. The summed E-state index contributed by atoms with van der Waals surface area (Å²) in [6.07, 6.45) is 0.881. The molecule has 0 bridgehead atoms. The molecule has 2 rings (SSSR count). The van der Waals surface area contributed by atoms with E-state index in [1.807, 2.05) is 6.07 Å². The van der Waals surface area contributed by atoms with Crippen LogP contribution >= 0.6 is 12.4 Å². The molecule has 3 N–H and O–H groups in total. The average Bonchev–Trinajstić information content (AvgIpc) is 3.07. The van der Waals surface area contributed by atoms with Gasteiger partial charge in [0.2, 0.25) is 5.91 Å². The summed E-state index contributed by atoms with van der Waals surface area (Å²) in [4.78, 5) is 11.6. The van der Waals surface area contributed by atoms with E-state index in [1.54, 1.807) is 13.0 Å². The van der Waals surface area contributed by atoms with E-state index in [2.05, 4.69) is 5.32 Å². The van der Waals surface area contributed by atoms with E-state index in [0.29, 0.717) is 6.54 Å². The Balaban J connectivity index is 0.00000162. The zero-order chi connectivity index (χ0) is 12.4. The minimum Gasteiger partial charge on any atom is -0.352 e. The molecule has 1 fully saturated rings. The third-order valence-corrected chi connectivity index (χ3v) is 3.20. The number of carbonyl (C=O) groups excluding carboxylic acids is 1. The van der Waals surface area contributed by atoms with Crippen LogP contribution < -0.4 is 11.1 Å². The Morgan fingerprint density at radius 3 is 2.94 bits per heavy atom. The number of halogens is 2. The van der Waals surface area contributed by atoms with Gasteiger partial charge in [0.25, 0.3) is 0 Å². The fraction of sp³-hybridized carbons (Fsp3) is 0.462. The molecule has 0 saturated heterocycles. The van der Waals surface area contributed by atoms with Crippen molar-refractivity contribution in [2.45, 2.75) is 25.3 Å². The van der Waals surface area contributed by atoms with Crippen molar-refractivity contribution >= 4 is 18.3 Å². The molecule has 1 aliphatic rings. The third kappa shape index (κ3) is 3.43. The predicted octanol–water partition coefficient (Wildman–Crippen LogP) is 1.81. The highest BCUT2D eigenvalue weighted by Gasteiger charge is 2.39. The summed E-state index contributed by atoms with van der Waals surface area (Å²) in [7, 11) is 0. The lowest BCUT2D eigenvalue weighted by atomic mass is 10.1. The summed E-state index contributed by atoms with van der Waals surface area (Å²) >= 11 is 0. The number of hydrogen-bond acceptors (Lipinski definition) is 2. The molecule has 3 nitrogen and oxygen atoms in total. The van der Waals surface area contributed by atoms with Crippen LogP contribution in [0.2, 0.25) is 0 Å². The fourth-order valence-electron chi connectivity index (χ4n) is 1.89. The van der Waals surface area contributed by atoms with Gasteiger partial charge in [0.15, 0.2) is 0 Å². The lowest BCUT2D eigenvalue weighted by molar-refractivity contribution is -0.124. The van der Waals surface area contributed by atoms with Crippen molar-refractivity contribution in [3.8, 4) is 0 Å². The van der Waals surface area contributed by atoms with Crippen LogP contribution in [-0.4, -0.2) is 18.5 Å². The van der Waals surface area contributed by atoms with Crippen LogP contribution in [0.3, 0.4) is 0 Å². The molecule has 0 spiro atoms. The van der Waals surface area contributed by atoms with Gasteiger partial charge in [-0.15, -0.1) is 12.4 Å². The lowest BCUT2D eigenvalue weighted by Crippen LogP contribution is -2.35. The number of benzene rings is 1. The van der Waals surface area contributed by atoms with Crippen LogP contribution in [0.15, 0.2) is 24.3 Å². The molecule has 1 aromatic carbocycles. The maximum atomic E-state index is 13.0. The van der Waals surface area contributed by atoms with Gasteiger partial charge in [-0.25, -0.2) is 4.39 Å². The predicted molar refractivity (Wildman–Crippen MR) is 71.2 cm³/mol. The monoisotopic (exact) mass is 272 g/mol. The molecule has 1 aromatic rings. The Morgan fingerprint density at radius 2 is 2.33 bits per heavy atom. The van der Waals surface area contributed by atoms with Gasteiger partial charge in [-0.05, 0) is 24.1 Å². The highest BCUT2D eigenvalue weighted by molar-refractivity contribution is 5.85. The number of rotatable bonds is 4. The average molecular weight is 273 g/mol. The van der Waals surface area contributed by atoms with Crippen molar-refractivity contribution in [2.24, 2.45) is 11.7 Å². The van der Waals surface area contributed by atoms with Crippen molar-refractivity contribution < 1.29 is 9.18 Å². The molecule has 18 heavy (non-hydrogen) atoms. The summed E-state index contributed by atoms with van der Waals surface area (Å²) in [5.74, 6) is -0.158. The summed E-state index contributed by atoms with van der Waals surface area (Å²) in [6.45, 7) is 2.15. The lowest BCUT2D eigenvalue weighted by Gasteiger charge is -2.09. The normalized spacial score (nSPS) is 22.8. The Labute approximate surface area is 112 Å². The van der Waals surface area contributed by atoms with Crippen LogP contribution in [0.25, 0.3) is 0 Å². The summed E-state index contributed by atoms with van der Waals surface area (Å²) < 4.78 is 13.0. The van der Waals surface area contributed by atoms with Crippen LogP contribution in [0.4, 0.5) is 4.39 Å². The van der Waals surface area contributed by atoms with Crippen LogP contribution in [0, 0.1) is 11.7 Å². The SMILES string of the molecule is CC(CN)C(=O)NC1CC1c1cccc(F)c1.Cl. The second-order valence-electron chi connectivity index (χ2n) is 4.65.